The van der Waals surface area contributed by atoms with E-state index in [1.54, 1.807) is 18.9 Å². The van der Waals surface area contributed by atoms with Crippen LogP contribution in [0.15, 0.2) is 0 Å². The van der Waals surface area contributed by atoms with Crippen LogP contribution in [-0.4, -0.2) is 40.5 Å². The van der Waals surface area contributed by atoms with Crippen molar-refractivity contribution in [2.75, 3.05) is 20.1 Å². The number of rotatable bonds is 4. The Morgan fingerprint density at radius 2 is 2.19 bits per heavy atom. The quantitative estimate of drug-likeness (QED) is 0.851. The topological polar surface area (TPSA) is 72.1 Å². The molecule has 6 heteroatoms. The maximum atomic E-state index is 12.0. The van der Waals surface area contributed by atoms with E-state index in [4.69, 9.17) is 5.73 Å². The first-order valence-corrected chi connectivity index (χ1v) is 5.89. The summed E-state index contributed by atoms with van der Waals surface area (Å²) in [6, 6.07) is 0. The standard InChI is InChI=1S/C10H18N4OS/c1-7-8(16-13-12-7)9(15)14(4)6-10(2,3)5-11/h5-6,11H2,1-4H3. The molecule has 0 saturated carbocycles. The molecule has 1 aromatic rings. The molecule has 0 unspecified atom stereocenters. The van der Waals surface area contributed by atoms with E-state index in [9.17, 15) is 4.79 Å². The summed E-state index contributed by atoms with van der Waals surface area (Å²) in [6.45, 7) is 7.03. The van der Waals surface area contributed by atoms with Gasteiger partial charge in [-0.1, -0.05) is 18.3 Å². The highest BCUT2D eigenvalue weighted by molar-refractivity contribution is 7.07. The number of carbonyl (C=O) groups excluding carboxylic acids is 1. The molecule has 0 radical (unpaired) electrons. The minimum atomic E-state index is -0.0730. The lowest BCUT2D eigenvalue weighted by atomic mass is 9.93. The first-order valence-electron chi connectivity index (χ1n) is 5.12. The van der Waals surface area contributed by atoms with Crippen molar-refractivity contribution in [3.05, 3.63) is 10.6 Å². The van der Waals surface area contributed by atoms with Gasteiger partial charge < -0.3 is 10.6 Å². The highest BCUT2D eigenvalue weighted by atomic mass is 32.1. The van der Waals surface area contributed by atoms with Gasteiger partial charge in [0.2, 0.25) is 0 Å². The molecule has 5 nitrogen and oxygen atoms in total. The first-order chi connectivity index (χ1) is 7.37. The molecule has 0 aliphatic heterocycles. The van der Waals surface area contributed by atoms with Crippen molar-refractivity contribution in [1.82, 2.24) is 14.5 Å². The van der Waals surface area contributed by atoms with Crippen molar-refractivity contribution in [1.29, 1.82) is 0 Å². The van der Waals surface area contributed by atoms with Crippen molar-refractivity contribution >= 4 is 17.4 Å². The molecule has 1 rings (SSSR count). The minimum Gasteiger partial charge on any atom is -0.340 e. The molecule has 0 fully saturated rings. The zero-order chi connectivity index (χ0) is 12.3. The lowest BCUT2D eigenvalue weighted by molar-refractivity contribution is 0.0744. The largest absolute Gasteiger partial charge is 0.340 e. The van der Waals surface area contributed by atoms with E-state index < -0.39 is 0 Å². The van der Waals surface area contributed by atoms with Gasteiger partial charge >= 0.3 is 0 Å². The molecule has 16 heavy (non-hydrogen) atoms. The molecule has 0 bridgehead atoms. The van der Waals surface area contributed by atoms with E-state index in [0.717, 1.165) is 11.5 Å². The van der Waals surface area contributed by atoms with Gasteiger partial charge in [0.25, 0.3) is 5.91 Å². The molecule has 1 amide bonds. The van der Waals surface area contributed by atoms with Crippen LogP contribution in [0.3, 0.4) is 0 Å². The van der Waals surface area contributed by atoms with Crippen LogP contribution in [0.2, 0.25) is 0 Å². The molecule has 0 saturated heterocycles. The summed E-state index contributed by atoms with van der Waals surface area (Å²) in [5.74, 6) is -0.0333. The summed E-state index contributed by atoms with van der Waals surface area (Å²) >= 11 is 1.14. The van der Waals surface area contributed by atoms with E-state index >= 15 is 0 Å². The Morgan fingerprint density at radius 1 is 1.56 bits per heavy atom. The van der Waals surface area contributed by atoms with Crippen molar-refractivity contribution < 1.29 is 4.79 Å². The van der Waals surface area contributed by atoms with E-state index in [1.807, 2.05) is 13.8 Å². The second-order valence-electron chi connectivity index (χ2n) is 4.72. The average Bonchev–Trinajstić information content (AvgIpc) is 2.62. The highest BCUT2D eigenvalue weighted by Crippen LogP contribution is 2.17. The van der Waals surface area contributed by atoms with Crippen LogP contribution < -0.4 is 5.73 Å². The van der Waals surface area contributed by atoms with Crippen molar-refractivity contribution in [2.24, 2.45) is 11.1 Å². The molecule has 0 spiro atoms. The van der Waals surface area contributed by atoms with Gasteiger partial charge in [0, 0.05) is 13.6 Å². The predicted molar refractivity (Wildman–Crippen MR) is 64.4 cm³/mol. The second-order valence-corrected chi connectivity index (χ2v) is 5.47. The number of aromatic nitrogens is 2. The minimum absolute atomic E-state index is 0.0333. The van der Waals surface area contributed by atoms with Gasteiger partial charge in [0.05, 0.1) is 5.69 Å². The number of amides is 1. The molecule has 0 aliphatic carbocycles. The summed E-state index contributed by atoms with van der Waals surface area (Å²) in [4.78, 5) is 14.3. The summed E-state index contributed by atoms with van der Waals surface area (Å²) < 4.78 is 3.76. The lowest BCUT2D eigenvalue weighted by Crippen LogP contribution is -2.39. The van der Waals surface area contributed by atoms with Gasteiger partial charge in [-0.25, -0.2) is 0 Å². The van der Waals surface area contributed by atoms with Crippen molar-refractivity contribution in [3.8, 4) is 0 Å². The van der Waals surface area contributed by atoms with Gasteiger partial charge in [-0.15, -0.1) is 5.10 Å². The summed E-state index contributed by atoms with van der Waals surface area (Å²) in [5, 5.41) is 3.83. The monoisotopic (exact) mass is 242 g/mol. The molecule has 0 aliphatic rings. The normalized spacial score (nSPS) is 11.6. The molecular weight excluding hydrogens is 224 g/mol. The Hall–Kier alpha value is -1.01. The fourth-order valence-electron chi connectivity index (χ4n) is 1.38. The molecule has 90 valence electrons. The van der Waals surface area contributed by atoms with Crippen LogP contribution in [0.1, 0.15) is 29.2 Å². The van der Waals surface area contributed by atoms with E-state index in [1.165, 1.54) is 0 Å². The van der Waals surface area contributed by atoms with Crippen LogP contribution in [0.25, 0.3) is 0 Å². The third-order valence-corrected chi connectivity index (χ3v) is 3.23. The Kier molecular flexibility index (Phi) is 3.98. The van der Waals surface area contributed by atoms with Gasteiger partial charge in [-0.05, 0) is 30.4 Å². The van der Waals surface area contributed by atoms with Crippen LogP contribution in [-0.2, 0) is 0 Å². The molecule has 2 N–H and O–H groups in total. The van der Waals surface area contributed by atoms with Crippen LogP contribution in [0.4, 0.5) is 0 Å². The number of hydrogen-bond donors (Lipinski definition) is 1. The second kappa shape index (κ2) is 4.88. The third-order valence-electron chi connectivity index (χ3n) is 2.41. The van der Waals surface area contributed by atoms with Crippen LogP contribution in [0.5, 0.6) is 0 Å². The molecule has 0 aromatic carbocycles. The number of aryl methyl sites for hydroxylation is 1. The van der Waals surface area contributed by atoms with Gasteiger partial charge in [-0.2, -0.15) is 0 Å². The predicted octanol–water partition coefficient (Wildman–Crippen LogP) is 0.903. The Balaban J connectivity index is 2.73. The number of carbonyl (C=O) groups is 1. The Labute approximate surface area is 99.8 Å². The fraction of sp³-hybridized carbons (Fsp3) is 0.700. The van der Waals surface area contributed by atoms with Crippen LogP contribution >= 0.6 is 11.5 Å². The number of nitrogens with zero attached hydrogens (tertiary/aromatic N) is 3. The Bertz CT molecular complexity index is 375. The smallest absolute Gasteiger partial charge is 0.267 e. The molecule has 0 atom stereocenters. The van der Waals surface area contributed by atoms with Gasteiger partial charge in [-0.3, -0.25) is 4.79 Å². The highest BCUT2D eigenvalue weighted by Gasteiger charge is 2.24. The summed E-state index contributed by atoms with van der Waals surface area (Å²) in [5.41, 5.74) is 6.26. The van der Waals surface area contributed by atoms with E-state index in [0.29, 0.717) is 23.7 Å². The fourth-order valence-corrected chi connectivity index (χ4v) is 2.03. The lowest BCUT2D eigenvalue weighted by Gasteiger charge is -2.28. The summed E-state index contributed by atoms with van der Waals surface area (Å²) in [6.07, 6.45) is 0. The number of nitrogens with two attached hydrogens (primary N) is 1. The zero-order valence-corrected chi connectivity index (χ0v) is 11.0. The SMILES string of the molecule is Cc1nnsc1C(=O)N(C)CC(C)(C)CN. The van der Waals surface area contributed by atoms with Crippen LogP contribution in [0, 0.1) is 12.3 Å². The summed E-state index contributed by atoms with van der Waals surface area (Å²) in [7, 11) is 1.78. The molecule has 1 heterocycles. The first kappa shape index (κ1) is 13.1. The molecule has 1 aromatic heterocycles. The number of hydrogen-bond acceptors (Lipinski definition) is 5. The maximum absolute atomic E-state index is 12.0. The average molecular weight is 242 g/mol. The molecular formula is C10H18N4OS. The third kappa shape index (κ3) is 2.99. The van der Waals surface area contributed by atoms with Gasteiger partial charge in [0.15, 0.2) is 0 Å². The van der Waals surface area contributed by atoms with Crippen molar-refractivity contribution in [2.45, 2.75) is 20.8 Å². The van der Waals surface area contributed by atoms with E-state index in [-0.39, 0.29) is 11.3 Å². The van der Waals surface area contributed by atoms with Crippen molar-refractivity contribution in [3.63, 3.8) is 0 Å². The van der Waals surface area contributed by atoms with E-state index in [2.05, 4.69) is 9.59 Å². The maximum Gasteiger partial charge on any atom is 0.267 e. The Morgan fingerprint density at radius 3 is 2.62 bits per heavy atom. The zero-order valence-electron chi connectivity index (χ0n) is 10.1. The van der Waals surface area contributed by atoms with Gasteiger partial charge in [0.1, 0.15) is 4.88 Å².